The molecule has 2 aromatic rings. The molecule has 0 aliphatic carbocycles. The van der Waals surface area contributed by atoms with Gasteiger partial charge in [0.1, 0.15) is 11.6 Å². The van der Waals surface area contributed by atoms with Gasteiger partial charge in [-0.05, 0) is 46.6 Å². The van der Waals surface area contributed by atoms with Gasteiger partial charge < -0.3 is 10.6 Å². The van der Waals surface area contributed by atoms with Crippen LogP contribution >= 0.6 is 27.5 Å². The fourth-order valence-electron chi connectivity index (χ4n) is 1.59. The number of benzene rings is 1. The molecule has 2 N–H and O–H groups in total. The Morgan fingerprint density at radius 1 is 1.16 bits per heavy atom. The molecule has 0 atom stereocenters. The van der Waals surface area contributed by atoms with Crippen LogP contribution in [0.25, 0.3) is 0 Å². The SMILES string of the molecule is CCCNc1cccc(Nc2cccc(Cl)c2Br)n1. The first-order valence-corrected chi connectivity index (χ1v) is 7.29. The third-order valence-corrected chi connectivity index (χ3v) is 3.92. The Morgan fingerprint density at radius 2 is 1.89 bits per heavy atom. The van der Waals surface area contributed by atoms with Crippen molar-refractivity contribution in [3.05, 3.63) is 45.9 Å². The lowest BCUT2D eigenvalue weighted by Crippen LogP contribution is -2.03. The molecule has 1 aromatic heterocycles. The third kappa shape index (κ3) is 3.85. The zero-order valence-corrected chi connectivity index (χ0v) is 12.9. The maximum atomic E-state index is 6.06. The van der Waals surface area contributed by atoms with Gasteiger partial charge in [-0.15, -0.1) is 0 Å². The number of halogens is 2. The second-order valence-electron chi connectivity index (χ2n) is 4.06. The van der Waals surface area contributed by atoms with Gasteiger partial charge in [0.05, 0.1) is 15.2 Å². The van der Waals surface area contributed by atoms with Crippen molar-refractivity contribution in [1.29, 1.82) is 0 Å². The summed E-state index contributed by atoms with van der Waals surface area (Å²) in [5.41, 5.74) is 0.896. The molecule has 0 bridgehead atoms. The summed E-state index contributed by atoms with van der Waals surface area (Å²) in [6.45, 7) is 3.04. The van der Waals surface area contributed by atoms with Gasteiger partial charge in [0, 0.05) is 6.54 Å². The fourth-order valence-corrected chi connectivity index (χ4v) is 2.13. The standard InChI is InChI=1S/C14H15BrClN3/c1-2-9-17-12-7-4-8-13(19-12)18-11-6-3-5-10(16)14(11)15/h3-8H,2,9H2,1H3,(H2,17,18,19). The highest BCUT2D eigenvalue weighted by atomic mass is 79.9. The Morgan fingerprint density at radius 3 is 2.68 bits per heavy atom. The molecule has 0 saturated carbocycles. The maximum absolute atomic E-state index is 6.06. The van der Waals surface area contributed by atoms with E-state index in [1.54, 1.807) is 0 Å². The topological polar surface area (TPSA) is 37.0 Å². The number of nitrogens with zero attached hydrogens (tertiary/aromatic N) is 1. The molecule has 0 aliphatic heterocycles. The molecule has 5 heteroatoms. The molecule has 0 saturated heterocycles. The molecule has 2 rings (SSSR count). The van der Waals surface area contributed by atoms with Crippen molar-refractivity contribution in [2.75, 3.05) is 17.2 Å². The Bertz CT molecular complexity index is 560. The zero-order valence-electron chi connectivity index (χ0n) is 10.6. The molecular weight excluding hydrogens is 326 g/mol. The number of aromatic nitrogens is 1. The van der Waals surface area contributed by atoms with E-state index < -0.39 is 0 Å². The second-order valence-corrected chi connectivity index (χ2v) is 5.26. The van der Waals surface area contributed by atoms with Crippen LogP contribution in [0.1, 0.15) is 13.3 Å². The average Bonchev–Trinajstić information content (AvgIpc) is 2.42. The quantitative estimate of drug-likeness (QED) is 0.798. The van der Waals surface area contributed by atoms with Crippen LogP contribution in [0.15, 0.2) is 40.9 Å². The molecular formula is C14H15BrClN3. The van der Waals surface area contributed by atoms with E-state index in [1.807, 2.05) is 36.4 Å². The summed E-state index contributed by atoms with van der Waals surface area (Å²) in [4.78, 5) is 4.49. The van der Waals surface area contributed by atoms with E-state index in [2.05, 4.69) is 38.5 Å². The number of hydrogen-bond acceptors (Lipinski definition) is 3. The highest BCUT2D eigenvalue weighted by molar-refractivity contribution is 9.10. The summed E-state index contributed by atoms with van der Waals surface area (Å²) >= 11 is 9.52. The normalized spacial score (nSPS) is 10.3. The predicted octanol–water partition coefficient (Wildman–Crippen LogP) is 5.06. The molecule has 19 heavy (non-hydrogen) atoms. The summed E-state index contributed by atoms with van der Waals surface area (Å²) in [5.74, 6) is 1.65. The smallest absolute Gasteiger partial charge is 0.132 e. The minimum Gasteiger partial charge on any atom is -0.370 e. The number of anilines is 3. The van der Waals surface area contributed by atoms with Crippen LogP contribution in [-0.2, 0) is 0 Å². The predicted molar refractivity (Wildman–Crippen MR) is 85.5 cm³/mol. The monoisotopic (exact) mass is 339 g/mol. The van der Waals surface area contributed by atoms with E-state index in [4.69, 9.17) is 11.6 Å². The number of nitrogens with one attached hydrogen (secondary N) is 2. The van der Waals surface area contributed by atoms with Crippen LogP contribution < -0.4 is 10.6 Å². The fraction of sp³-hybridized carbons (Fsp3) is 0.214. The molecule has 0 aliphatic rings. The second kappa shape index (κ2) is 6.78. The van der Waals surface area contributed by atoms with E-state index >= 15 is 0 Å². The summed E-state index contributed by atoms with van der Waals surface area (Å²) < 4.78 is 0.838. The molecule has 0 fully saturated rings. The minimum atomic E-state index is 0.672. The van der Waals surface area contributed by atoms with Crippen molar-refractivity contribution in [2.45, 2.75) is 13.3 Å². The van der Waals surface area contributed by atoms with E-state index in [9.17, 15) is 0 Å². The Balaban J connectivity index is 2.16. The van der Waals surface area contributed by atoms with Gasteiger partial charge in [0.2, 0.25) is 0 Å². The molecule has 0 radical (unpaired) electrons. The number of rotatable bonds is 5. The lowest BCUT2D eigenvalue weighted by molar-refractivity contribution is 0.970. The van der Waals surface area contributed by atoms with Gasteiger partial charge in [0.15, 0.2) is 0 Å². The van der Waals surface area contributed by atoms with Crippen molar-refractivity contribution in [1.82, 2.24) is 4.98 Å². The Hall–Kier alpha value is -1.26. The van der Waals surface area contributed by atoms with Crippen LogP contribution in [0, 0.1) is 0 Å². The van der Waals surface area contributed by atoms with Gasteiger partial charge >= 0.3 is 0 Å². The lowest BCUT2D eigenvalue weighted by Gasteiger charge is -2.10. The van der Waals surface area contributed by atoms with Crippen LogP contribution in [0.2, 0.25) is 5.02 Å². The van der Waals surface area contributed by atoms with E-state index in [0.717, 1.165) is 34.8 Å². The molecule has 0 amide bonds. The van der Waals surface area contributed by atoms with Crippen LogP contribution in [0.3, 0.4) is 0 Å². The maximum Gasteiger partial charge on any atom is 0.132 e. The van der Waals surface area contributed by atoms with Crippen molar-refractivity contribution < 1.29 is 0 Å². The third-order valence-electron chi connectivity index (χ3n) is 2.52. The highest BCUT2D eigenvalue weighted by Crippen LogP contribution is 2.31. The van der Waals surface area contributed by atoms with Gasteiger partial charge in [-0.1, -0.05) is 30.7 Å². The molecule has 0 unspecified atom stereocenters. The molecule has 0 spiro atoms. The van der Waals surface area contributed by atoms with E-state index in [-0.39, 0.29) is 0 Å². The summed E-state index contributed by atoms with van der Waals surface area (Å²) in [5, 5.41) is 7.18. The molecule has 1 aromatic carbocycles. The van der Waals surface area contributed by atoms with E-state index in [0.29, 0.717) is 5.02 Å². The van der Waals surface area contributed by atoms with Crippen molar-refractivity contribution >= 4 is 44.9 Å². The molecule has 1 heterocycles. The van der Waals surface area contributed by atoms with Gasteiger partial charge in [-0.3, -0.25) is 0 Å². The zero-order chi connectivity index (χ0) is 13.7. The van der Waals surface area contributed by atoms with Crippen LogP contribution in [-0.4, -0.2) is 11.5 Å². The van der Waals surface area contributed by atoms with Crippen LogP contribution in [0.5, 0.6) is 0 Å². The van der Waals surface area contributed by atoms with E-state index in [1.165, 1.54) is 0 Å². The summed E-state index contributed by atoms with van der Waals surface area (Å²) in [6.07, 6.45) is 1.07. The summed E-state index contributed by atoms with van der Waals surface area (Å²) in [6, 6.07) is 11.5. The average molecular weight is 341 g/mol. The lowest BCUT2D eigenvalue weighted by atomic mass is 10.3. The first-order chi connectivity index (χ1) is 9.20. The Labute approximate surface area is 126 Å². The minimum absolute atomic E-state index is 0.672. The summed E-state index contributed by atoms with van der Waals surface area (Å²) in [7, 11) is 0. The largest absolute Gasteiger partial charge is 0.370 e. The van der Waals surface area contributed by atoms with Crippen LogP contribution in [0.4, 0.5) is 17.3 Å². The van der Waals surface area contributed by atoms with Crippen molar-refractivity contribution in [3.8, 4) is 0 Å². The van der Waals surface area contributed by atoms with Crippen molar-refractivity contribution in [2.24, 2.45) is 0 Å². The molecule has 3 nitrogen and oxygen atoms in total. The number of hydrogen-bond donors (Lipinski definition) is 2. The van der Waals surface area contributed by atoms with Gasteiger partial charge in [-0.2, -0.15) is 0 Å². The first-order valence-electron chi connectivity index (χ1n) is 6.12. The van der Waals surface area contributed by atoms with Gasteiger partial charge in [0.25, 0.3) is 0 Å². The number of pyridine rings is 1. The highest BCUT2D eigenvalue weighted by Gasteiger charge is 2.05. The molecule has 100 valence electrons. The van der Waals surface area contributed by atoms with Crippen molar-refractivity contribution in [3.63, 3.8) is 0 Å². The van der Waals surface area contributed by atoms with Gasteiger partial charge in [-0.25, -0.2) is 4.98 Å². The Kier molecular flexibility index (Phi) is 5.05. The first kappa shape index (κ1) is 14.2.